The number of hydrogen-bond acceptors (Lipinski definition) is 7. The number of piperidine rings is 1. The van der Waals surface area contributed by atoms with Gasteiger partial charge in [0.05, 0.1) is 17.1 Å². The number of alkyl halides is 3. The molecule has 3 atom stereocenters. The Balaban J connectivity index is 1.60. The molecule has 204 valence electrons. The lowest BCUT2D eigenvalue weighted by Gasteiger charge is -2.45. The molecular formula is C25H32F3N3O4S2. The maximum atomic E-state index is 13.5. The predicted octanol–water partition coefficient (Wildman–Crippen LogP) is 2.95. The molecule has 0 amide bonds. The third-order valence-corrected chi connectivity index (χ3v) is 9.75. The second-order valence-electron chi connectivity index (χ2n) is 9.97. The zero-order valence-electron chi connectivity index (χ0n) is 20.6. The van der Waals surface area contributed by atoms with E-state index in [1.807, 2.05) is 11.0 Å². The second-order valence-corrected chi connectivity index (χ2v) is 12.4. The molecule has 2 fully saturated rings. The summed E-state index contributed by atoms with van der Waals surface area (Å²) in [6, 6.07) is 5.26. The van der Waals surface area contributed by atoms with Crippen LogP contribution in [-0.4, -0.2) is 90.3 Å². The highest BCUT2D eigenvalue weighted by molar-refractivity contribution is 7.96. The molecule has 1 aromatic rings. The van der Waals surface area contributed by atoms with Gasteiger partial charge >= 0.3 is 6.18 Å². The Morgan fingerprint density at radius 2 is 1.81 bits per heavy atom. The van der Waals surface area contributed by atoms with Crippen LogP contribution in [0.1, 0.15) is 31.7 Å². The molecule has 1 unspecified atom stereocenters. The molecule has 0 aromatic heterocycles. The number of β-amino-alcohol motifs (C(OH)–C–C–N with tert-alkyl or cyclic N) is 1. The molecule has 0 spiro atoms. The van der Waals surface area contributed by atoms with Gasteiger partial charge in [-0.15, -0.1) is 0 Å². The van der Waals surface area contributed by atoms with Crippen LogP contribution in [0.15, 0.2) is 47.4 Å². The van der Waals surface area contributed by atoms with Gasteiger partial charge in [0.15, 0.2) is 5.60 Å². The van der Waals surface area contributed by atoms with Crippen molar-refractivity contribution in [1.29, 1.82) is 0 Å². The molecule has 1 aromatic carbocycles. The van der Waals surface area contributed by atoms with Crippen LogP contribution in [0.3, 0.4) is 0 Å². The summed E-state index contributed by atoms with van der Waals surface area (Å²) in [5, 5.41) is 20.2. The van der Waals surface area contributed by atoms with Gasteiger partial charge in [0.2, 0.25) is 10.0 Å². The second kappa shape index (κ2) is 10.7. The Hall–Kier alpha value is -1.83. The number of likely N-dealkylation sites (tertiary alicyclic amines) is 1. The number of aliphatic hydroxyl groups is 2. The van der Waals surface area contributed by atoms with Gasteiger partial charge < -0.3 is 15.1 Å². The number of piperazine rings is 1. The SMILES string of the molecule is C[C@](O)(c1ccc(N2CCN(S(=O)(=O)C3=CC=CCC3=S)C[C@@H]2CN2CCCC(O)C2)cc1)C(F)(F)F. The first-order valence-electron chi connectivity index (χ1n) is 12.3. The predicted molar refractivity (Wildman–Crippen MR) is 140 cm³/mol. The Labute approximate surface area is 220 Å². The van der Waals surface area contributed by atoms with E-state index in [0.29, 0.717) is 43.0 Å². The number of aliphatic hydroxyl groups excluding tert-OH is 1. The number of benzene rings is 1. The van der Waals surface area contributed by atoms with Crippen molar-refractivity contribution in [2.45, 2.75) is 50.1 Å². The fraction of sp³-hybridized carbons (Fsp3) is 0.560. The molecule has 3 aliphatic rings. The summed E-state index contributed by atoms with van der Waals surface area (Å²) < 4.78 is 68.2. The lowest BCUT2D eigenvalue weighted by molar-refractivity contribution is -0.258. The Bertz CT molecular complexity index is 1170. The standard InChI is InChI=1S/C25H32F3N3O4S2/c1-24(33,25(26,27)28)18-8-10-19(11-9-18)31-14-13-30(37(34,35)23-7-3-2-6-22(23)36)16-20(31)15-29-12-4-5-21(32)17-29/h2-3,7-11,20-21,32-33H,4-6,12-17H2,1H3/t20-,21?,24-/m0/s1. The number of hydrogen-bond donors (Lipinski definition) is 2. The van der Waals surface area contributed by atoms with Crippen LogP contribution < -0.4 is 4.90 Å². The summed E-state index contributed by atoms with van der Waals surface area (Å²) in [4.78, 5) is 4.59. The molecule has 2 heterocycles. The maximum absolute atomic E-state index is 13.5. The minimum Gasteiger partial charge on any atom is -0.392 e. The third kappa shape index (κ3) is 5.94. The minimum absolute atomic E-state index is 0.129. The number of rotatable bonds is 6. The molecular weight excluding hydrogens is 527 g/mol. The summed E-state index contributed by atoms with van der Waals surface area (Å²) in [7, 11) is -3.82. The van der Waals surface area contributed by atoms with Crippen molar-refractivity contribution in [2.24, 2.45) is 0 Å². The first-order chi connectivity index (χ1) is 17.3. The maximum Gasteiger partial charge on any atom is 0.421 e. The van der Waals surface area contributed by atoms with Gasteiger partial charge in [-0.2, -0.15) is 17.5 Å². The van der Waals surface area contributed by atoms with Crippen LogP contribution in [0, 0.1) is 0 Å². The van der Waals surface area contributed by atoms with E-state index in [2.05, 4.69) is 4.90 Å². The zero-order valence-corrected chi connectivity index (χ0v) is 22.2. The first-order valence-corrected chi connectivity index (χ1v) is 14.1. The van der Waals surface area contributed by atoms with E-state index >= 15 is 0 Å². The van der Waals surface area contributed by atoms with E-state index < -0.39 is 27.9 Å². The molecule has 0 saturated carbocycles. The van der Waals surface area contributed by atoms with Crippen LogP contribution in [0.4, 0.5) is 18.9 Å². The Morgan fingerprint density at radius 3 is 2.43 bits per heavy atom. The molecule has 1 aliphatic carbocycles. The molecule has 2 N–H and O–H groups in total. The summed E-state index contributed by atoms with van der Waals surface area (Å²) in [6.45, 7) is 3.12. The van der Waals surface area contributed by atoms with Crippen LogP contribution in [0.2, 0.25) is 0 Å². The van der Waals surface area contributed by atoms with Crippen molar-refractivity contribution >= 4 is 32.8 Å². The first kappa shape index (κ1) is 28.2. The van der Waals surface area contributed by atoms with Gasteiger partial charge in [0.25, 0.3) is 0 Å². The van der Waals surface area contributed by atoms with Gasteiger partial charge in [0.1, 0.15) is 0 Å². The minimum atomic E-state index is -4.82. The fourth-order valence-electron chi connectivity index (χ4n) is 5.07. The normalized spacial score (nSPS) is 26.2. The number of sulfonamides is 1. The number of halogens is 3. The van der Waals surface area contributed by atoms with Crippen molar-refractivity contribution in [3.63, 3.8) is 0 Å². The molecule has 2 aliphatic heterocycles. The Morgan fingerprint density at radius 1 is 1.11 bits per heavy atom. The highest BCUT2D eigenvalue weighted by Gasteiger charge is 2.51. The van der Waals surface area contributed by atoms with Crippen LogP contribution in [0.5, 0.6) is 0 Å². The van der Waals surface area contributed by atoms with Gasteiger partial charge in [0, 0.05) is 49.7 Å². The average Bonchev–Trinajstić information content (AvgIpc) is 2.83. The van der Waals surface area contributed by atoms with Gasteiger partial charge in [-0.3, -0.25) is 4.90 Å². The Kier molecular flexibility index (Phi) is 8.18. The van der Waals surface area contributed by atoms with Crippen LogP contribution >= 0.6 is 12.2 Å². The molecule has 0 radical (unpaired) electrons. The van der Waals surface area contributed by atoms with E-state index in [0.717, 1.165) is 19.9 Å². The molecule has 37 heavy (non-hydrogen) atoms. The highest BCUT2D eigenvalue weighted by atomic mass is 32.2. The summed E-state index contributed by atoms with van der Waals surface area (Å²) >= 11 is 5.31. The molecule has 12 heteroatoms. The largest absolute Gasteiger partial charge is 0.421 e. The zero-order chi connectivity index (χ0) is 27.0. The van der Waals surface area contributed by atoms with E-state index in [-0.39, 0.29) is 29.6 Å². The average molecular weight is 560 g/mol. The number of anilines is 1. The van der Waals surface area contributed by atoms with Gasteiger partial charge in [-0.05, 0) is 50.1 Å². The van der Waals surface area contributed by atoms with Gasteiger partial charge in [-0.25, -0.2) is 8.42 Å². The molecule has 2 saturated heterocycles. The molecule has 4 rings (SSSR count). The van der Waals surface area contributed by atoms with Crippen molar-refractivity contribution in [3.8, 4) is 0 Å². The smallest absolute Gasteiger partial charge is 0.392 e. The summed E-state index contributed by atoms with van der Waals surface area (Å²) in [5.74, 6) is 0. The van der Waals surface area contributed by atoms with Gasteiger partial charge in [-0.1, -0.05) is 36.5 Å². The van der Waals surface area contributed by atoms with E-state index in [1.165, 1.54) is 34.6 Å². The molecule has 7 nitrogen and oxygen atoms in total. The van der Waals surface area contributed by atoms with Crippen LogP contribution in [-0.2, 0) is 15.6 Å². The monoisotopic (exact) mass is 559 g/mol. The van der Waals surface area contributed by atoms with E-state index in [4.69, 9.17) is 12.2 Å². The topological polar surface area (TPSA) is 84.3 Å². The quantitative estimate of drug-likeness (QED) is 0.519. The van der Waals surface area contributed by atoms with E-state index in [9.17, 15) is 31.8 Å². The van der Waals surface area contributed by atoms with Crippen molar-refractivity contribution in [2.75, 3.05) is 44.2 Å². The lowest BCUT2D eigenvalue weighted by Crippen LogP contribution is -2.59. The lowest BCUT2D eigenvalue weighted by atomic mass is 9.95. The molecule has 0 bridgehead atoms. The highest BCUT2D eigenvalue weighted by Crippen LogP contribution is 2.39. The van der Waals surface area contributed by atoms with E-state index in [1.54, 1.807) is 6.08 Å². The van der Waals surface area contributed by atoms with Crippen molar-refractivity contribution in [1.82, 2.24) is 9.21 Å². The number of nitrogens with zero attached hydrogens (tertiary/aromatic N) is 3. The number of thiocarbonyl (C=S) groups is 1. The van der Waals surface area contributed by atoms with Crippen molar-refractivity contribution < 1.29 is 31.8 Å². The number of allylic oxidation sites excluding steroid dienone is 4. The van der Waals surface area contributed by atoms with Crippen LogP contribution in [0.25, 0.3) is 0 Å². The summed E-state index contributed by atoms with van der Waals surface area (Å²) in [5.41, 5.74) is -2.62. The third-order valence-electron chi connectivity index (χ3n) is 7.29. The summed E-state index contributed by atoms with van der Waals surface area (Å²) in [6.07, 6.45) is 1.67. The fourth-order valence-corrected chi connectivity index (χ4v) is 7.14. The van der Waals surface area contributed by atoms with Crippen molar-refractivity contribution in [3.05, 3.63) is 53.0 Å².